The summed E-state index contributed by atoms with van der Waals surface area (Å²) in [5.41, 5.74) is 2.90. The average Bonchev–Trinajstić information content (AvgIpc) is 2.73. The summed E-state index contributed by atoms with van der Waals surface area (Å²) in [7, 11) is 1.77. The highest BCUT2D eigenvalue weighted by Crippen LogP contribution is 2.23. The van der Waals surface area contributed by atoms with E-state index in [1.807, 2.05) is 31.2 Å². The van der Waals surface area contributed by atoms with Crippen LogP contribution in [0.5, 0.6) is 0 Å². The molecule has 1 aromatic carbocycles. The van der Waals surface area contributed by atoms with Crippen molar-refractivity contribution >= 4 is 28.3 Å². The highest BCUT2D eigenvalue weighted by atomic mass is 35.5. The Morgan fingerprint density at radius 3 is 2.76 bits per heavy atom. The standard InChI is InChI=1S/C16H14ClN3O/c1-10-13(16(17)20(2)19-10)9-14(21)12-7-3-5-11-6-4-8-18-15(11)12/h3-8H,9H2,1-2H3. The summed E-state index contributed by atoms with van der Waals surface area (Å²) in [5, 5.41) is 5.70. The van der Waals surface area contributed by atoms with Gasteiger partial charge in [-0.25, -0.2) is 0 Å². The molecule has 0 spiro atoms. The Bertz CT molecular complexity index is 833. The van der Waals surface area contributed by atoms with E-state index in [1.54, 1.807) is 24.0 Å². The van der Waals surface area contributed by atoms with E-state index in [4.69, 9.17) is 11.6 Å². The van der Waals surface area contributed by atoms with E-state index in [1.165, 1.54) is 0 Å². The third-order valence-electron chi connectivity index (χ3n) is 3.54. The fourth-order valence-corrected chi connectivity index (χ4v) is 2.70. The molecule has 106 valence electrons. The van der Waals surface area contributed by atoms with Gasteiger partial charge in [0.25, 0.3) is 0 Å². The average molecular weight is 300 g/mol. The Hall–Kier alpha value is -2.20. The number of pyridine rings is 1. The first kappa shape index (κ1) is 13.8. The number of carbonyl (C=O) groups excluding carboxylic acids is 1. The lowest BCUT2D eigenvalue weighted by atomic mass is 10.0. The van der Waals surface area contributed by atoms with E-state index in [0.717, 1.165) is 22.2 Å². The van der Waals surface area contributed by atoms with Crippen molar-refractivity contribution in [2.24, 2.45) is 7.05 Å². The second-order valence-electron chi connectivity index (χ2n) is 4.96. The lowest BCUT2D eigenvalue weighted by molar-refractivity contribution is 0.0994. The highest BCUT2D eigenvalue weighted by Gasteiger charge is 2.18. The molecule has 0 saturated heterocycles. The van der Waals surface area contributed by atoms with Crippen LogP contribution < -0.4 is 0 Å². The van der Waals surface area contributed by atoms with E-state index in [2.05, 4.69) is 10.1 Å². The minimum absolute atomic E-state index is 0.00250. The lowest BCUT2D eigenvalue weighted by Gasteiger charge is -2.05. The molecule has 0 aliphatic carbocycles. The van der Waals surface area contributed by atoms with Crippen molar-refractivity contribution in [2.75, 3.05) is 0 Å². The van der Waals surface area contributed by atoms with Gasteiger partial charge >= 0.3 is 0 Å². The van der Waals surface area contributed by atoms with Crippen molar-refractivity contribution in [1.29, 1.82) is 0 Å². The lowest BCUT2D eigenvalue weighted by Crippen LogP contribution is -2.06. The van der Waals surface area contributed by atoms with Gasteiger partial charge in [0.2, 0.25) is 0 Å². The van der Waals surface area contributed by atoms with E-state index >= 15 is 0 Å². The molecule has 0 radical (unpaired) electrons. The van der Waals surface area contributed by atoms with Crippen molar-refractivity contribution < 1.29 is 4.79 Å². The minimum Gasteiger partial charge on any atom is -0.294 e. The fourth-order valence-electron chi connectivity index (χ4n) is 2.46. The molecule has 0 amide bonds. The molecule has 0 N–H and O–H groups in total. The summed E-state index contributed by atoms with van der Waals surface area (Å²) in [6.07, 6.45) is 1.93. The van der Waals surface area contributed by atoms with Gasteiger partial charge in [0.05, 0.1) is 11.2 Å². The molecule has 0 atom stereocenters. The first-order valence-electron chi connectivity index (χ1n) is 6.63. The predicted octanol–water partition coefficient (Wildman–Crippen LogP) is 3.36. The number of nitrogens with zero attached hydrogens (tertiary/aromatic N) is 3. The molecule has 0 aliphatic rings. The van der Waals surface area contributed by atoms with Gasteiger partial charge in [-0.1, -0.05) is 29.8 Å². The maximum atomic E-state index is 12.6. The SMILES string of the molecule is Cc1nn(C)c(Cl)c1CC(=O)c1cccc2cccnc12. The molecule has 0 saturated carbocycles. The van der Waals surface area contributed by atoms with Crippen LogP contribution >= 0.6 is 11.6 Å². The normalized spacial score (nSPS) is 11.0. The van der Waals surface area contributed by atoms with Crippen LogP contribution in [0, 0.1) is 6.92 Å². The quantitative estimate of drug-likeness (QED) is 0.697. The Labute approximate surface area is 127 Å². The molecule has 2 heterocycles. The Morgan fingerprint density at radius 1 is 1.29 bits per heavy atom. The number of ketones is 1. The van der Waals surface area contributed by atoms with E-state index < -0.39 is 0 Å². The molecule has 21 heavy (non-hydrogen) atoms. The second-order valence-corrected chi connectivity index (χ2v) is 5.32. The molecule has 0 unspecified atom stereocenters. The van der Waals surface area contributed by atoms with Crippen molar-refractivity contribution in [3.8, 4) is 0 Å². The number of Topliss-reactive ketones (excluding diaryl/α,β-unsaturated/α-hetero) is 1. The zero-order chi connectivity index (χ0) is 15.0. The van der Waals surface area contributed by atoms with Crippen molar-refractivity contribution in [3.63, 3.8) is 0 Å². The number of aryl methyl sites for hydroxylation is 2. The summed E-state index contributed by atoms with van der Waals surface area (Å²) in [6, 6.07) is 9.42. The van der Waals surface area contributed by atoms with Gasteiger partial charge in [-0.05, 0) is 19.1 Å². The van der Waals surface area contributed by atoms with Gasteiger partial charge in [-0.15, -0.1) is 0 Å². The third kappa shape index (κ3) is 2.43. The molecule has 0 fully saturated rings. The zero-order valence-corrected chi connectivity index (χ0v) is 12.6. The molecule has 2 aromatic heterocycles. The third-order valence-corrected chi connectivity index (χ3v) is 4.01. The number of para-hydroxylation sites is 1. The van der Waals surface area contributed by atoms with E-state index in [-0.39, 0.29) is 12.2 Å². The van der Waals surface area contributed by atoms with Crippen LogP contribution in [-0.2, 0) is 13.5 Å². The summed E-state index contributed by atoms with van der Waals surface area (Å²) in [4.78, 5) is 16.9. The van der Waals surface area contributed by atoms with Crippen LogP contribution in [0.3, 0.4) is 0 Å². The first-order valence-corrected chi connectivity index (χ1v) is 7.00. The first-order chi connectivity index (χ1) is 10.1. The summed E-state index contributed by atoms with van der Waals surface area (Å²) < 4.78 is 1.58. The van der Waals surface area contributed by atoms with Crippen LogP contribution in [0.1, 0.15) is 21.6 Å². The Morgan fingerprint density at radius 2 is 2.05 bits per heavy atom. The topological polar surface area (TPSA) is 47.8 Å². The van der Waals surface area contributed by atoms with E-state index in [0.29, 0.717) is 10.7 Å². The molecule has 0 bridgehead atoms. The van der Waals surface area contributed by atoms with Crippen molar-refractivity contribution in [3.05, 3.63) is 58.5 Å². The van der Waals surface area contributed by atoms with Gasteiger partial charge in [-0.2, -0.15) is 5.10 Å². The molecular formula is C16H14ClN3O. The maximum Gasteiger partial charge on any atom is 0.169 e. The van der Waals surface area contributed by atoms with Gasteiger partial charge in [0.1, 0.15) is 5.15 Å². The van der Waals surface area contributed by atoms with Crippen LogP contribution in [-0.4, -0.2) is 20.5 Å². The second kappa shape index (κ2) is 5.30. The Kier molecular flexibility index (Phi) is 3.47. The van der Waals surface area contributed by atoms with Crippen molar-refractivity contribution in [2.45, 2.75) is 13.3 Å². The van der Waals surface area contributed by atoms with Crippen LogP contribution in [0.4, 0.5) is 0 Å². The molecule has 4 nitrogen and oxygen atoms in total. The number of benzene rings is 1. The number of hydrogen-bond acceptors (Lipinski definition) is 3. The summed E-state index contributed by atoms with van der Waals surface area (Å²) in [6.45, 7) is 1.86. The summed E-state index contributed by atoms with van der Waals surface area (Å²) >= 11 is 6.20. The van der Waals surface area contributed by atoms with Crippen LogP contribution in [0.25, 0.3) is 10.9 Å². The number of halogens is 1. The molecule has 0 aliphatic heterocycles. The number of fused-ring (bicyclic) bond motifs is 1. The largest absolute Gasteiger partial charge is 0.294 e. The van der Waals surface area contributed by atoms with Gasteiger partial charge in [0.15, 0.2) is 5.78 Å². The van der Waals surface area contributed by atoms with Crippen molar-refractivity contribution in [1.82, 2.24) is 14.8 Å². The minimum atomic E-state index is -0.00250. The monoisotopic (exact) mass is 299 g/mol. The van der Waals surface area contributed by atoms with E-state index in [9.17, 15) is 4.79 Å². The van der Waals surface area contributed by atoms with Crippen LogP contribution in [0.15, 0.2) is 36.5 Å². The molecule has 3 aromatic rings. The highest BCUT2D eigenvalue weighted by molar-refractivity contribution is 6.30. The fraction of sp³-hybridized carbons (Fsp3) is 0.188. The van der Waals surface area contributed by atoms with Crippen LogP contribution in [0.2, 0.25) is 5.15 Å². The molecule has 5 heteroatoms. The maximum absolute atomic E-state index is 12.6. The molecule has 3 rings (SSSR count). The number of hydrogen-bond donors (Lipinski definition) is 0. The summed E-state index contributed by atoms with van der Waals surface area (Å²) in [5.74, 6) is -0.00250. The van der Waals surface area contributed by atoms with Gasteiger partial charge in [0, 0.05) is 36.2 Å². The number of aromatic nitrogens is 3. The van der Waals surface area contributed by atoms with Gasteiger partial charge in [-0.3, -0.25) is 14.5 Å². The number of carbonyl (C=O) groups is 1. The Balaban J connectivity index is 2.02. The molecular weight excluding hydrogens is 286 g/mol. The van der Waals surface area contributed by atoms with Gasteiger partial charge < -0.3 is 0 Å². The number of rotatable bonds is 3. The smallest absolute Gasteiger partial charge is 0.169 e. The zero-order valence-electron chi connectivity index (χ0n) is 11.8. The predicted molar refractivity (Wildman–Crippen MR) is 82.7 cm³/mol.